The molecule has 2 atom stereocenters. The van der Waals surface area contributed by atoms with Crippen molar-refractivity contribution < 1.29 is 13.5 Å². The Morgan fingerprint density at radius 3 is 1.77 bits per heavy atom. The smallest absolute Gasteiger partial charge is 0.152 e. The number of aliphatic hydroxyl groups excluding tert-OH is 1. The lowest BCUT2D eigenvalue weighted by atomic mass is 9.86. The molecular weight excluding hydrogens is 188 g/mol. The van der Waals surface area contributed by atoms with Gasteiger partial charge in [-0.15, -0.1) is 0 Å². The van der Waals surface area contributed by atoms with E-state index in [0.29, 0.717) is 6.42 Å². The molecule has 0 amide bonds. The largest absolute Gasteiger partial charge is 0.391 e. The van der Waals surface area contributed by atoms with Crippen molar-refractivity contribution in [1.82, 2.24) is 0 Å². The Labute approximate surface area is 81.1 Å². The summed E-state index contributed by atoms with van der Waals surface area (Å²) >= 11 is 0. The van der Waals surface area contributed by atoms with Crippen molar-refractivity contribution in [1.29, 1.82) is 0 Å². The number of sulfone groups is 1. The third kappa shape index (κ3) is 3.65. The van der Waals surface area contributed by atoms with E-state index in [2.05, 4.69) is 0 Å². The van der Waals surface area contributed by atoms with Crippen LogP contribution in [-0.4, -0.2) is 31.1 Å². The molecule has 0 saturated carbocycles. The van der Waals surface area contributed by atoms with Gasteiger partial charge in [-0.3, -0.25) is 0 Å². The lowest BCUT2D eigenvalue weighted by molar-refractivity contribution is 0.0581. The first-order valence-electron chi connectivity index (χ1n) is 4.47. The van der Waals surface area contributed by atoms with E-state index < -0.39 is 21.2 Å². The molecule has 0 aromatic heterocycles. The van der Waals surface area contributed by atoms with Crippen molar-refractivity contribution in [3.05, 3.63) is 0 Å². The average Bonchev–Trinajstić information content (AvgIpc) is 1.83. The van der Waals surface area contributed by atoms with Crippen molar-refractivity contribution >= 4 is 9.84 Å². The number of hydrogen-bond donors (Lipinski definition) is 1. The van der Waals surface area contributed by atoms with Gasteiger partial charge in [0.1, 0.15) is 0 Å². The molecule has 0 aliphatic heterocycles. The van der Waals surface area contributed by atoms with Crippen LogP contribution < -0.4 is 0 Å². The minimum Gasteiger partial charge on any atom is -0.391 e. The molecule has 4 heteroatoms. The monoisotopic (exact) mass is 208 g/mol. The maximum atomic E-state index is 11.3. The van der Waals surface area contributed by atoms with Crippen molar-refractivity contribution in [3.8, 4) is 0 Å². The van der Waals surface area contributed by atoms with Crippen molar-refractivity contribution in [2.24, 2.45) is 5.41 Å². The van der Waals surface area contributed by atoms with E-state index in [4.69, 9.17) is 0 Å². The Balaban J connectivity index is 4.82. The van der Waals surface area contributed by atoms with Crippen LogP contribution in [0.2, 0.25) is 0 Å². The molecule has 0 heterocycles. The minimum atomic E-state index is -3.15. The molecular formula is C9H20O3S. The zero-order valence-corrected chi connectivity index (χ0v) is 9.85. The first-order chi connectivity index (χ1) is 5.60. The van der Waals surface area contributed by atoms with Gasteiger partial charge < -0.3 is 5.11 Å². The summed E-state index contributed by atoms with van der Waals surface area (Å²) in [5, 5.41) is 9.16. The Morgan fingerprint density at radius 2 is 1.69 bits per heavy atom. The van der Waals surface area contributed by atoms with Crippen molar-refractivity contribution in [2.75, 3.05) is 6.26 Å². The van der Waals surface area contributed by atoms with Crippen LogP contribution >= 0.6 is 0 Å². The standard InChI is InChI=1S/C9H20O3S/c1-6-7(13(5,11)12)8(10)9(2,3)4/h7-8,10H,6H2,1-5H3/t7-,8-/m1/s1. The molecule has 0 radical (unpaired) electrons. The second-order valence-electron chi connectivity index (χ2n) is 4.59. The van der Waals surface area contributed by atoms with Crippen molar-refractivity contribution in [2.45, 2.75) is 45.5 Å². The van der Waals surface area contributed by atoms with E-state index in [1.807, 2.05) is 20.8 Å². The van der Waals surface area contributed by atoms with Gasteiger partial charge in [0, 0.05) is 6.26 Å². The molecule has 0 fully saturated rings. The quantitative estimate of drug-likeness (QED) is 0.758. The highest BCUT2D eigenvalue weighted by Gasteiger charge is 2.35. The molecule has 0 aliphatic rings. The van der Waals surface area contributed by atoms with Crippen LogP contribution in [0.1, 0.15) is 34.1 Å². The van der Waals surface area contributed by atoms with Crippen molar-refractivity contribution in [3.63, 3.8) is 0 Å². The molecule has 0 bridgehead atoms. The highest BCUT2D eigenvalue weighted by Crippen LogP contribution is 2.26. The zero-order chi connectivity index (χ0) is 10.9. The summed E-state index contributed by atoms with van der Waals surface area (Å²) in [5.74, 6) is 0. The molecule has 0 aromatic carbocycles. The van der Waals surface area contributed by atoms with E-state index >= 15 is 0 Å². The van der Waals surface area contributed by atoms with Gasteiger partial charge in [0.15, 0.2) is 9.84 Å². The van der Waals surface area contributed by atoms with Gasteiger partial charge in [0.2, 0.25) is 0 Å². The van der Waals surface area contributed by atoms with E-state index in [1.54, 1.807) is 6.92 Å². The third-order valence-corrected chi connectivity index (χ3v) is 3.88. The summed E-state index contributed by atoms with van der Waals surface area (Å²) in [6, 6.07) is 0. The summed E-state index contributed by atoms with van der Waals surface area (Å²) in [7, 11) is -3.15. The molecule has 80 valence electrons. The van der Waals surface area contributed by atoms with E-state index in [9.17, 15) is 13.5 Å². The maximum Gasteiger partial charge on any atom is 0.152 e. The molecule has 0 saturated heterocycles. The molecule has 0 spiro atoms. The maximum absolute atomic E-state index is 11.3. The molecule has 0 aliphatic carbocycles. The van der Waals surface area contributed by atoms with Gasteiger partial charge in [0.25, 0.3) is 0 Å². The Morgan fingerprint density at radius 1 is 1.31 bits per heavy atom. The number of hydrogen-bond acceptors (Lipinski definition) is 3. The second-order valence-corrected chi connectivity index (χ2v) is 6.85. The lowest BCUT2D eigenvalue weighted by Crippen LogP contribution is -2.41. The summed E-state index contributed by atoms with van der Waals surface area (Å²) in [6.45, 7) is 7.29. The third-order valence-electron chi connectivity index (χ3n) is 2.19. The van der Waals surface area contributed by atoms with Crippen LogP contribution in [0.15, 0.2) is 0 Å². The fourth-order valence-electron chi connectivity index (χ4n) is 1.32. The fourth-order valence-corrected chi connectivity index (χ4v) is 2.80. The average molecular weight is 208 g/mol. The second kappa shape index (κ2) is 3.96. The van der Waals surface area contributed by atoms with Gasteiger partial charge in [0.05, 0.1) is 11.4 Å². The first kappa shape index (κ1) is 12.9. The normalized spacial score (nSPS) is 18.3. The molecule has 0 aromatic rings. The van der Waals surface area contributed by atoms with E-state index in [1.165, 1.54) is 6.26 Å². The van der Waals surface area contributed by atoms with E-state index in [0.717, 1.165) is 0 Å². The number of rotatable bonds is 3. The zero-order valence-electron chi connectivity index (χ0n) is 9.03. The van der Waals surface area contributed by atoms with Crippen LogP contribution in [-0.2, 0) is 9.84 Å². The molecule has 1 N–H and O–H groups in total. The van der Waals surface area contributed by atoms with Crippen LogP contribution in [0.5, 0.6) is 0 Å². The van der Waals surface area contributed by atoms with Gasteiger partial charge in [-0.1, -0.05) is 27.7 Å². The van der Waals surface area contributed by atoms with Gasteiger partial charge in [-0.2, -0.15) is 0 Å². The minimum absolute atomic E-state index is 0.385. The fraction of sp³-hybridized carbons (Fsp3) is 1.00. The molecule has 13 heavy (non-hydrogen) atoms. The number of aliphatic hydroxyl groups is 1. The Kier molecular flexibility index (Phi) is 3.94. The first-order valence-corrected chi connectivity index (χ1v) is 6.43. The summed E-state index contributed by atoms with van der Waals surface area (Å²) in [4.78, 5) is 0. The predicted molar refractivity (Wildman–Crippen MR) is 54.4 cm³/mol. The van der Waals surface area contributed by atoms with Crippen LogP contribution in [0.25, 0.3) is 0 Å². The summed E-state index contributed by atoms with van der Waals surface area (Å²) in [6.07, 6.45) is 0.834. The summed E-state index contributed by atoms with van der Waals surface area (Å²) < 4.78 is 22.6. The molecule has 0 unspecified atom stereocenters. The Hall–Kier alpha value is -0.0900. The van der Waals surface area contributed by atoms with Crippen LogP contribution in [0.3, 0.4) is 0 Å². The van der Waals surface area contributed by atoms with Gasteiger partial charge in [-0.05, 0) is 11.8 Å². The Bertz CT molecular complexity index is 249. The topological polar surface area (TPSA) is 54.4 Å². The van der Waals surface area contributed by atoms with Crippen LogP contribution in [0, 0.1) is 5.41 Å². The highest BCUT2D eigenvalue weighted by atomic mass is 32.2. The van der Waals surface area contributed by atoms with Gasteiger partial charge in [-0.25, -0.2) is 8.42 Å². The SMILES string of the molecule is CC[C@H]([C@@H](O)C(C)(C)C)S(C)(=O)=O. The predicted octanol–water partition coefficient (Wildman–Crippen LogP) is 1.22. The molecule has 0 rings (SSSR count). The lowest BCUT2D eigenvalue weighted by Gasteiger charge is -2.31. The summed E-state index contributed by atoms with van der Waals surface area (Å²) in [5.41, 5.74) is -0.385. The van der Waals surface area contributed by atoms with E-state index in [-0.39, 0.29) is 5.41 Å². The van der Waals surface area contributed by atoms with Crippen LogP contribution in [0.4, 0.5) is 0 Å². The van der Waals surface area contributed by atoms with Gasteiger partial charge >= 0.3 is 0 Å². The highest BCUT2D eigenvalue weighted by molar-refractivity contribution is 7.91. The molecule has 3 nitrogen and oxygen atoms in total.